The second-order valence-corrected chi connectivity index (χ2v) is 4.81. The van der Waals surface area contributed by atoms with Crippen LogP contribution in [-0.4, -0.2) is 22.0 Å². The molecule has 2 aromatic carbocycles. The number of hydrogen-bond acceptors (Lipinski definition) is 3. The molecule has 0 bridgehead atoms. The van der Waals surface area contributed by atoms with Crippen LogP contribution in [0.3, 0.4) is 0 Å². The van der Waals surface area contributed by atoms with E-state index >= 15 is 0 Å². The fourth-order valence-corrected chi connectivity index (χ4v) is 2.18. The average Bonchev–Trinajstić information content (AvgIpc) is 3.00. The van der Waals surface area contributed by atoms with Gasteiger partial charge in [-0.3, -0.25) is 0 Å². The predicted octanol–water partition coefficient (Wildman–Crippen LogP) is 2.54. The zero-order valence-corrected chi connectivity index (χ0v) is 12.3. The number of aromatic nitrogens is 2. The van der Waals surface area contributed by atoms with Gasteiger partial charge in [-0.1, -0.05) is 48.5 Å². The predicted molar refractivity (Wildman–Crippen MR) is 89.3 cm³/mol. The highest BCUT2D eigenvalue weighted by Crippen LogP contribution is 2.22. The maximum absolute atomic E-state index is 10.7. The van der Waals surface area contributed by atoms with Gasteiger partial charge in [0.15, 0.2) is 0 Å². The molecule has 0 spiro atoms. The molecule has 114 valence electrons. The SMILES string of the molecule is NC(=O)NN=Cc1cn(-c2ccccc2)nc1-c1ccccc1. The summed E-state index contributed by atoms with van der Waals surface area (Å²) < 4.78 is 1.77. The van der Waals surface area contributed by atoms with E-state index in [2.05, 4.69) is 15.6 Å². The minimum atomic E-state index is -0.710. The van der Waals surface area contributed by atoms with E-state index in [1.807, 2.05) is 66.9 Å². The largest absolute Gasteiger partial charge is 0.350 e. The maximum Gasteiger partial charge on any atom is 0.332 e. The van der Waals surface area contributed by atoms with Crippen LogP contribution in [0.2, 0.25) is 0 Å². The van der Waals surface area contributed by atoms with Crippen LogP contribution in [0.4, 0.5) is 4.79 Å². The van der Waals surface area contributed by atoms with Crippen LogP contribution in [0.25, 0.3) is 16.9 Å². The summed E-state index contributed by atoms with van der Waals surface area (Å²) in [6.07, 6.45) is 3.38. The summed E-state index contributed by atoms with van der Waals surface area (Å²) >= 11 is 0. The molecule has 0 atom stereocenters. The molecule has 3 N–H and O–H groups in total. The van der Waals surface area contributed by atoms with E-state index < -0.39 is 6.03 Å². The Labute approximate surface area is 133 Å². The monoisotopic (exact) mass is 305 g/mol. The molecule has 0 radical (unpaired) electrons. The highest BCUT2D eigenvalue weighted by atomic mass is 16.2. The molecule has 3 aromatic rings. The van der Waals surface area contributed by atoms with E-state index in [1.165, 1.54) is 6.21 Å². The summed E-state index contributed by atoms with van der Waals surface area (Å²) in [5.41, 5.74) is 10.6. The number of para-hydroxylation sites is 1. The van der Waals surface area contributed by atoms with Gasteiger partial charge in [0.25, 0.3) is 0 Å². The second-order valence-electron chi connectivity index (χ2n) is 4.81. The minimum Gasteiger partial charge on any atom is -0.350 e. The van der Waals surface area contributed by atoms with Crippen LogP contribution in [0.5, 0.6) is 0 Å². The first-order chi connectivity index (χ1) is 11.2. The van der Waals surface area contributed by atoms with Crippen molar-refractivity contribution in [2.45, 2.75) is 0 Å². The number of carbonyl (C=O) groups is 1. The number of amides is 2. The number of hydrazone groups is 1. The number of hydrogen-bond donors (Lipinski definition) is 2. The Morgan fingerprint density at radius 3 is 2.39 bits per heavy atom. The van der Waals surface area contributed by atoms with Crippen molar-refractivity contribution < 1.29 is 4.79 Å². The van der Waals surface area contributed by atoms with E-state index in [0.717, 1.165) is 22.5 Å². The Hall–Kier alpha value is -3.41. The molecule has 0 saturated carbocycles. The van der Waals surface area contributed by atoms with Crippen LogP contribution in [0.1, 0.15) is 5.56 Å². The first-order valence-electron chi connectivity index (χ1n) is 7.03. The van der Waals surface area contributed by atoms with Crippen molar-refractivity contribution in [1.29, 1.82) is 0 Å². The van der Waals surface area contributed by atoms with E-state index in [9.17, 15) is 4.79 Å². The molecule has 2 amide bonds. The van der Waals surface area contributed by atoms with Crippen molar-refractivity contribution in [3.63, 3.8) is 0 Å². The van der Waals surface area contributed by atoms with Crippen molar-refractivity contribution in [2.75, 3.05) is 0 Å². The van der Waals surface area contributed by atoms with Gasteiger partial charge in [0.1, 0.15) is 5.69 Å². The van der Waals surface area contributed by atoms with Gasteiger partial charge in [-0.05, 0) is 12.1 Å². The lowest BCUT2D eigenvalue weighted by molar-refractivity contribution is 0.249. The highest BCUT2D eigenvalue weighted by Gasteiger charge is 2.10. The highest BCUT2D eigenvalue weighted by molar-refractivity contribution is 5.89. The summed E-state index contributed by atoms with van der Waals surface area (Å²) in [5.74, 6) is 0. The van der Waals surface area contributed by atoms with Crippen LogP contribution in [-0.2, 0) is 0 Å². The zero-order chi connectivity index (χ0) is 16.1. The van der Waals surface area contributed by atoms with Gasteiger partial charge in [0.2, 0.25) is 0 Å². The molecule has 0 aliphatic rings. The summed E-state index contributed by atoms with van der Waals surface area (Å²) in [5, 5.41) is 8.46. The molecule has 3 rings (SSSR count). The molecule has 0 aliphatic carbocycles. The van der Waals surface area contributed by atoms with Crippen molar-refractivity contribution in [2.24, 2.45) is 10.8 Å². The fraction of sp³-hybridized carbons (Fsp3) is 0. The number of nitrogens with one attached hydrogen (secondary N) is 1. The van der Waals surface area contributed by atoms with Crippen LogP contribution in [0.15, 0.2) is 72.0 Å². The summed E-state index contributed by atoms with van der Waals surface area (Å²) in [4.78, 5) is 10.7. The number of rotatable bonds is 4. The Kier molecular flexibility index (Phi) is 4.15. The van der Waals surface area contributed by atoms with E-state index in [4.69, 9.17) is 5.73 Å². The van der Waals surface area contributed by atoms with E-state index in [0.29, 0.717) is 0 Å². The van der Waals surface area contributed by atoms with Gasteiger partial charge in [-0.15, -0.1) is 0 Å². The average molecular weight is 305 g/mol. The van der Waals surface area contributed by atoms with Gasteiger partial charge in [0.05, 0.1) is 11.9 Å². The molecule has 1 aromatic heterocycles. The third kappa shape index (κ3) is 3.44. The van der Waals surface area contributed by atoms with Gasteiger partial charge in [0, 0.05) is 17.3 Å². The zero-order valence-electron chi connectivity index (χ0n) is 12.3. The molecule has 0 unspecified atom stereocenters. The fourth-order valence-electron chi connectivity index (χ4n) is 2.18. The molecule has 0 fully saturated rings. The second kappa shape index (κ2) is 6.57. The molecule has 0 aliphatic heterocycles. The normalized spacial score (nSPS) is 10.8. The lowest BCUT2D eigenvalue weighted by Gasteiger charge is -2.00. The summed E-state index contributed by atoms with van der Waals surface area (Å²) in [6.45, 7) is 0. The summed E-state index contributed by atoms with van der Waals surface area (Å²) in [6, 6.07) is 18.8. The molecule has 23 heavy (non-hydrogen) atoms. The number of urea groups is 1. The molecular weight excluding hydrogens is 290 g/mol. The van der Waals surface area contributed by atoms with Gasteiger partial charge < -0.3 is 5.73 Å². The van der Waals surface area contributed by atoms with Crippen LogP contribution >= 0.6 is 0 Å². The van der Waals surface area contributed by atoms with Crippen molar-refractivity contribution >= 4 is 12.2 Å². The number of benzene rings is 2. The van der Waals surface area contributed by atoms with Crippen molar-refractivity contribution in [3.05, 3.63) is 72.4 Å². The molecule has 1 heterocycles. The van der Waals surface area contributed by atoms with E-state index in [-0.39, 0.29) is 0 Å². The Bertz CT molecular complexity index is 825. The molecule has 0 saturated heterocycles. The molecule has 6 heteroatoms. The van der Waals surface area contributed by atoms with Crippen molar-refractivity contribution in [3.8, 4) is 16.9 Å². The first kappa shape index (κ1) is 14.5. The number of nitrogens with two attached hydrogens (primary N) is 1. The number of primary amides is 1. The third-order valence-corrected chi connectivity index (χ3v) is 3.19. The third-order valence-electron chi connectivity index (χ3n) is 3.19. The number of carbonyl (C=O) groups excluding carboxylic acids is 1. The first-order valence-corrected chi connectivity index (χ1v) is 7.03. The van der Waals surface area contributed by atoms with Crippen molar-refractivity contribution in [1.82, 2.24) is 15.2 Å². The Balaban J connectivity index is 2.03. The smallest absolute Gasteiger partial charge is 0.332 e. The maximum atomic E-state index is 10.7. The van der Waals surface area contributed by atoms with Gasteiger partial charge >= 0.3 is 6.03 Å². The van der Waals surface area contributed by atoms with Gasteiger partial charge in [-0.2, -0.15) is 10.2 Å². The van der Waals surface area contributed by atoms with E-state index in [1.54, 1.807) is 4.68 Å². The minimum absolute atomic E-state index is 0.710. The summed E-state index contributed by atoms with van der Waals surface area (Å²) in [7, 11) is 0. The number of nitrogens with zero attached hydrogens (tertiary/aromatic N) is 3. The van der Waals surface area contributed by atoms with Gasteiger partial charge in [-0.25, -0.2) is 14.9 Å². The Morgan fingerprint density at radius 2 is 1.74 bits per heavy atom. The lowest BCUT2D eigenvalue weighted by Crippen LogP contribution is -2.24. The quantitative estimate of drug-likeness (QED) is 0.573. The Morgan fingerprint density at radius 1 is 1.09 bits per heavy atom. The van der Waals surface area contributed by atoms with Crippen LogP contribution < -0.4 is 11.2 Å². The lowest BCUT2D eigenvalue weighted by atomic mass is 10.1. The topological polar surface area (TPSA) is 85.3 Å². The molecular formula is C17H15N5O. The van der Waals surface area contributed by atoms with Crippen LogP contribution in [0, 0.1) is 0 Å². The standard InChI is InChI=1S/C17H15N5O/c18-17(23)20-19-11-14-12-22(15-9-5-2-6-10-15)21-16(14)13-7-3-1-4-8-13/h1-12H,(H3,18,20,23). The molecule has 6 nitrogen and oxygen atoms in total.